The number of rotatable bonds is 5. The molecule has 0 unspecified atom stereocenters. The highest BCUT2D eigenvalue weighted by atomic mass is 16.3. The Bertz CT molecular complexity index is 768. The minimum absolute atomic E-state index is 0.0111. The van der Waals surface area contributed by atoms with Crippen molar-refractivity contribution in [1.29, 1.82) is 0 Å². The fourth-order valence-corrected chi connectivity index (χ4v) is 10.4. The molecule has 0 saturated heterocycles. The van der Waals surface area contributed by atoms with Crippen molar-refractivity contribution in [1.82, 2.24) is 0 Å². The van der Waals surface area contributed by atoms with Crippen LogP contribution in [0, 0.1) is 45.3 Å². The van der Waals surface area contributed by atoms with Crippen molar-refractivity contribution in [2.45, 2.75) is 143 Å². The molecule has 0 radical (unpaired) electrons. The van der Waals surface area contributed by atoms with E-state index in [4.69, 9.17) is 0 Å². The zero-order valence-electron chi connectivity index (χ0n) is 23.3. The Morgan fingerprint density at radius 2 is 1.41 bits per heavy atom. The molecule has 198 valence electrons. The number of aliphatic hydroxyl groups excluding tert-OH is 2. The highest BCUT2D eigenvalue weighted by Gasteiger charge is 2.68. The van der Waals surface area contributed by atoms with Crippen LogP contribution in [0.1, 0.15) is 120 Å². The lowest BCUT2D eigenvalue weighted by molar-refractivity contribution is -0.207. The predicted octanol–water partition coefficient (Wildman–Crippen LogP) is 5.70. The molecule has 0 bridgehead atoms. The summed E-state index contributed by atoms with van der Waals surface area (Å²) in [6.45, 7) is 17.4. The zero-order chi connectivity index (χ0) is 25.5. The SMILES string of the molecule is CC(C)(O)[C@H](O)CC[C@](C)(O)[C@H]1CC[C@@]2(C)[C@@H]3CC[C@H]4C(C)(C)[C@H](O)CC[C@]4(C)[C@H]3CC[C@]12C. The Morgan fingerprint density at radius 3 is 2.03 bits per heavy atom. The summed E-state index contributed by atoms with van der Waals surface area (Å²) in [5, 5.41) is 43.2. The molecule has 0 aromatic heterocycles. The van der Waals surface area contributed by atoms with Crippen molar-refractivity contribution >= 4 is 0 Å². The van der Waals surface area contributed by atoms with Gasteiger partial charge in [-0.25, -0.2) is 0 Å². The molecule has 4 heteroatoms. The van der Waals surface area contributed by atoms with Gasteiger partial charge in [0.1, 0.15) is 0 Å². The van der Waals surface area contributed by atoms with Crippen LogP contribution in [0.4, 0.5) is 0 Å². The number of aliphatic hydroxyl groups is 4. The van der Waals surface area contributed by atoms with Crippen molar-refractivity contribution in [3.05, 3.63) is 0 Å². The van der Waals surface area contributed by atoms with E-state index in [2.05, 4.69) is 34.6 Å². The maximum atomic E-state index is 11.8. The molecule has 10 atom stereocenters. The molecule has 0 aromatic rings. The molecule has 4 saturated carbocycles. The molecule has 0 heterocycles. The van der Waals surface area contributed by atoms with Crippen molar-refractivity contribution in [3.63, 3.8) is 0 Å². The van der Waals surface area contributed by atoms with Crippen LogP contribution in [0.3, 0.4) is 0 Å². The largest absolute Gasteiger partial charge is 0.393 e. The third-order valence-electron chi connectivity index (χ3n) is 12.9. The molecule has 0 amide bonds. The number of fused-ring (bicyclic) bond motifs is 5. The van der Waals surface area contributed by atoms with Gasteiger partial charge >= 0.3 is 0 Å². The second kappa shape index (κ2) is 8.17. The minimum atomic E-state index is -1.14. The second-order valence-corrected chi connectivity index (χ2v) is 15.3. The van der Waals surface area contributed by atoms with Crippen LogP contribution < -0.4 is 0 Å². The predicted molar refractivity (Wildman–Crippen MR) is 137 cm³/mol. The Kier molecular flexibility index (Phi) is 6.46. The highest BCUT2D eigenvalue weighted by Crippen LogP contribution is 2.75. The standard InChI is InChI=1S/C30H54O4/c1-25(2)21-10-9-20-19(27(21,5)15-13-23(25)31)11-16-29(7)22(12-17-28(20,29)6)30(8,34)18-14-24(32)26(3,4)33/h19-24,31-34H,9-18H2,1-8H3/t19-,20+,21-,22-,23+,24+,27+,28-,29+,30-/m0/s1. The monoisotopic (exact) mass is 478 g/mol. The van der Waals surface area contributed by atoms with Gasteiger partial charge < -0.3 is 20.4 Å². The second-order valence-electron chi connectivity index (χ2n) is 15.3. The number of hydrogen-bond acceptors (Lipinski definition) is 4. The lowest BCUT2D eigenvalue weighted by Crippen LogP contribution is -2.62. The van der Waals surface area contributed by atoms with Crippen molar-refractivity contribution in [2.75, 3.05) is 0 Å². The lowest BCUT2D eigenvalue weighted by atomic mass is 9.38. The normalized spacial score (nSPS) is 48.9. The third kappa shape index (κ3) is 3.75. The van der Waals surface area contributed by atoms with E-state index in [-0.39, 0.29) is 28.3 Å². The van der Waals surface area contributed by atoms with E-state index in [0.29, 0.717) is 36.0 Å². The molecule has 34 heavy (non-hydrogen) atoms. The topological polar surface area (TPSA) is 80.9 Å². The summed E-state index contributed by atoms with van der Waals surface area (Å²) in [7, 11) is 0. The van der Waals surface area contributed by atoms with E-state index in [1.807, 2.05) is 6.92 Å². The van der Waals surface area contributed by atoms with Gasteiger partial charge in [-0.1, -0.05) is 34.6 Å². The van der Waals surface area contributed by atoms with Gasteiger partial charge in [0.2, 0.25) is 0 Å². The van der Waals surface area contributed by atoms with E-state index in [0.717, 1.165) is 25.7 Å². The summed E-state index contributed by atoms with van der Waals surface area (Å²) in [5.41, 5.74) is -1.39. The van der Waals surface area contributed by atoms with E-state index in [9.17, 15) is 20.4 Å². The molecule has 4 aliphatic carbocycles. The van der Waals surface area contributed by atoms with Crippen LogP contribution in [0.5, 0.6) is 0 Å². The minimum Gasteiger partial charge on any atom is -0.393 e. The van der Waals surface area contributed by atoms with E-state index in [1.54, 1.807) is 13.8 Å². The quantitative estimate of drug-likeness (QED) is 0.409. The first kappa shape index (κ1) is 26.9. The van der Waals surface area contributed by atoms with E-state index < -0.39 is 17.3 Å². The first-order valence-electron chi connectivity index (χ1n) is 14.2. The van der Waals surface area contributed by atoms with Gasteiger partial charge in [-0.05, 0) is 130 Å². The van der Waals surface area contributed by atoms with Crippen LogP contribution in [-0.2, 0) is 0 Å². The molecule has 0 spiro atoms. The summed E-state index contributed by atoms with van der Waals surface area (Å²) in [6.07, 6.45) is 9.08. The maximum Gasteiger partial charge on any atom is 0.0849 e. The van der Waals surface area contributed by atoms with Crippen LogP contribution in [0.25, 0.3) is 0 Å². The van der Waals surface area contributed by atoms with Crippen molar-refractivity contribution in [2.24, 2.45) is 45.3 Å². The Hall–Kier alpha value is -0.160. The maximum absolute atomic E-state index is 11.8. The van der Waals surface area contributed by atoms with Crippen molar-refractivity contribution in [3.8, 4) is 0 Å². The molecular weight excluding hydrogens is 424 g/mol. The van der Waals surface area contributed by atoms with Crippen molar-refractivity contribution < 1.29 is 20.4 Å². The van der Waals surface area contributed by atoms with Gasteiger partial charge in [-0.2, -0.15) is 0 Å². The summed E-state index contributed by atoms with van der Waals surface area (Å²) in [4.78, 5) is 0. The van der Waals surface area contributed by atoms with Gasteiger partial charge in [-0.3, -0.25) is 0 Å². The van der Waals surface area contributed by atoms with Crippen LogP contribution in [0.15, 0.2) is 0 Å². The van der Waals surface area contributed by atoms with Gasteiger partial charge in [0.05, 0.1) is 23.4 Å². The molecule has 4 nitrogen and oxygen atoms in total. The Morgan fingerprint density at radius 1 is 0.794 bits per heavy atom. The third-order valence-corrected chi connectivity index (χ3v) is 12.9. The summed E-state index contributed by atoms with van der Waals surface area (Å²) >= 11 is 0. The molecule has 4 N–H and O–H groups in total. The molecule has 4 rings (SSSR count). The zero-order valence-corrected chi connectivity index (χ0v) is 23.3. The summed E-state index contributed by atoms with van der Waals surface area (Å²) < 4.78 is 0. The van der Waals surface area contributed by atoms with Crippen LogP contribution in [-0.4, -0.2) is 43.8 Å². The van der Waals surface area contributed by atoms with Gasteiger partial charge in [0, 0.05) is 0 Å². The van der Waals surface area contributed by atoms with Crippen LogP contribution in [0.2, 0.25) is 0 Å². The number of hydrogen-bond donors (Lipinski definition) is 4. The average Bonchev–Trinajstić information content (AvgIpc) is 3.01. The first-order chi connectivity index (χ1) is 15.4. The average molecular weight is 479 g/mol. The first-order valence-corrected chi connectivity index (χ1v) is 14.2. The van der Waals surface area contributed by atoms with Gasteiger partial charge in [-0.15, -0.1) is 0 Å². The molecular formula is C30H54O4. The molecule has 0 aliphatic heterocycles. The highest BCUT2D eigenvalue weighted by molar-refractivity contribution is 5.17. The van der Waals surface area contributed by atoms with E-state index >= 15 is 0 Å². The summed E-state index contributed by atoms with van der Waals surface area (Å²) in [6, 6.07) is 0. The smallest absolute Gasteiger partial charge is 0.0849 e. The Balaban J connectivity index is 1.58. The molecule has 0 aromatic carbocycles. The fraction of sp³-hybridized carbons (Fsp3) is 1.00. The molecule has 4 aliphatic rings. The fourth-order valence-electron chi connectivity index (χ4n) is 10.4. The van der Waals surface area contributed by atoms with Gasteiger partial charge in [0.15, 0.2) is 0 Å². The van der Waals surface area contributed by atoms with Gasteiger partial charge in [0.25, 0.3) is 0 Å². The van der Waals surface area contributed by atoms with E-state index in [1.165, 1.54) is 25.7 Å². The Labute approximate surface area is 208 Å². The van der Waals surface area contributed by atoms with Crippen LogP contribution >= 0.6 is 0 Å². The lowest BCUT2D eigenvalue weighted by Gasteiger charge is -2.67. The molecule has 4 fully saturated rings. The summed E-state index contributed by atoms with van der Waals surface area (Å²) in [5.74, 6) is 2.19.